The van der Waals surface area contributed by atoms with Crippen LogP contribution < -0.4 is 4.74 Å². The summed E-state index contributed by atoms with van der Waals surface area (Å²) < 4.78 is 12.8. The minimum atomic E-state index is -0.0671. The van der Waals surface area contributed by atoms with Crippen LogP contribution in [0.1, 0.15) is 27.2 Å². The van der Waals surface area contributed by atoms with Crippen molar-refractivity contribution in [2.75, 3.05) is 27.4 Å². The van der Waals surface area contributed by atoms with Gasteiger partial charge in [0, 0.05) is 32.1 Å². The minimum Gasteiger partial charge on any atom is -0.496 e. The predicted molar refractivity (Wildman–Crippen MR) is 114 cm³/mol. The van der Waals surface area contributed by atoms with Crippen LogP contribution in [0, 0.1) is 6.92 Å². The standard InChI is InChI=1S/C24H28N2O3/c1-19-10-12-20(13-11-19)17-25-14-6-7-21(25)18-26(15-16-28-2)24(27)22-8-4-5-9-23(22)29-3/h4-14H,15-18H2,1-3H3. The molecule has 0 N–H and O–H groups in total. The van der Waals surface area contributed by atoms with Crippen molar-refractivity contribution in [2.45, 2.75) is 20.0 Å². The highest BCUT2D eigenvalue weighted by atomic mass is 16.5. The molecule has 0 saturated heterocycles. The van der Waals surface area contributed by atoms with Crippen molar-refractivity contribution in [1.29, 1.82) is 0 Å². The molecule has 3 aromatic rings. The van der Waals surface area contributed by atoms with Crippen molar-refractivity contribution in [3.63, 3.8) is 0 Å². The first-order valence-electron chi connectivity index (χ1n) is 9.73. The number of carbonyl (C=O) groups excluding carboxylic acids is 1. The second-order valence-electron chi connectivity index (χ2n) is 7.03. The third-order valence-corrected chi connectivity index (χ3v) is 4.94. The lowest BCUT2D eigenvalue weighted by atomic mass is 10.1. The lowest BCUT2D eigenvalue weighted by Crippen LogP contribution is -2.34. The Bertz CT molecular complexity index is 931. The molecule has 0 saturated carbocycles. The molecular formula is C24H28N2O3. The summed E-state index contributed by atoms with van der Waals surface area (Å²) in [7, 11) is 3.23. The van der Waals surface area contributed by atoms with Crippen molar-refractivity contribution in [1.82, 2.24) is 9.47 Å². The SMILES string of the molecule is COCCN(Cc1cccn1Cc1ccc(C)cc1)C(=O)c1ccccc1OC. The molecule has 0 unspecified atom stereocenters. The van der Waals surface area contributed by atoms with Crippen LogP contribution in [-0.4, -0.2) is 42.7 Å². The Morgan fingerprint density at radius 3 is 2.48 bits per heavy atom. The van der Waals surface area contributed by atoms with Gasteiger partial charge in [-0.05, 0) is 36.8 Å². The maximum Gasteiger partial charge on any atom is 0.258 e. The molecule has 1 heterocycles. The predicted octanol–water partition coefficient (Wildman–Crippen LogP) is 4.14. The fraction of sp³-hybridized carbons (Fsp3) is 0.292. The van der Waals surface area contributed by atoms with Gasteiger partial charge in [-0.1, -0.05) is 42.0 Å². The van der Waals surface area contributed by atoms with Crippen LogP contribution in [0.3, 0.4) is 0 Å². The van der Waals surface area contributed by atoms with E-state index in [0.29, 0.717) is 31.0 Å². The molecule has 152 valence electrons. The summed E-state index contributed by atoms with van der Waals surface area (Å²) in [6, 6.07) is 19.9. The van der Waals surface area contributed by atoms with Crippen molar-refractivity contribution >= 4 is 5.91 Å². The molecule has 0 spiro atoms. The van der Waals surface area contributed by atoms with E-state index in [1.165, 1.54) is 11.1 Å². The molecule has 1 amide bonds. The van der Waals surface area contributed by atoms with Crippen LogP contribution >= 0.6 is 0 Å². The fourth-order valence-corrected chi connectivity index (χ4v) is 3.28. The van der Waals surface area contributed by atoms with Gasteiger partial charge >= 0.3 is 0 Å². The smallest absolute Gasteiger partial charge is 0.258 e. The summed E-state index contributed by atoms with van der Waals surface area (Å²) in [5, 5.41) is 0. The average molecular weight is 392 g/mol. The first-order valence-corrected chi connectivity index (χ1v) is 9.73. The van der Waals surface area contributed by atoms with E-state index in [-0.39, 0.29) is 5.91 Å². The van der Waals surface area contributed by atoms with Gasteiger partial charge in [0.25, 0.3) is 5.91 Å². The van der Waals surface area contributed by atoms with Crippen LogP contribution in [0.2, 0.25) is 0 Å². The number of rotatable bonds is 9. The Balaban J connectivity index is 1.81. The van der Waals surface area contributed by atoms with Gasteiger partial charge in [-0.2, -0.15) is 0 Å². The zero-order valence-electron chi connectivity index (χ0n) is 17.3. The quantitative estimate of drug-likeness (QED) is 0.550. The van der Waals surface area contributed by atoms with Crippen LogP contribution in [0.5, 0.6) is 5.75 Å². The molecule has 5 nitrogen and oxygen atoms in total. The molecule has 0 radical (unpaired) electrons. The fourth-order valence-electron chi connectivity index (χ4n) is 3.28. The average Bonchev–Trinajstić information content (AvgIpc) is 3.18. The number of aryl methyl sites for hydroxylation is 1. The molecule has 0 aliphatic heterocycles. The molecule has 1 aromatic heterocycles. The van der Waals surface area contributed by atoms with E-state index in [1.807, 2.05) is 29.2 Å². The number of ether oxygens (including phenoxy) is 2. The monoisotopic (exact) mass is 392 g/mol. The maximum atomic E-state index is 13.2. The minimum absolute atomic E-state index is 0.0671. The van der Waals surface area contributed by atoms with E-state index in [1.54, 1.807) is 20.3 Å². The van der Waals surface area contributed by atoms with Crippen LogP contribution in [-0.2, 0) is 17.8 Å². The summed E-state index contributed by atoms with van der Waals surface area (Å²) in [5.74, 6) is 0.512. The van der Waals surface area contributed by atoms with Gasteiger partial charge < -0.3 is 18.9 Å². The maximum absolute atomic E-state index is 13.2. The zero-order valence-corrected chi connectivity index (χ0v) is 17.3. The van der Waals surface area contributed by atoms with Crippen molar-refractivity contribution in [3.8, 4) is 5.75 Å². The van der Waals surface area contributed by atoms with Crippen LogP contribution in [0.25, 0.3) is 0 Å². The Hall–Kier alpha value is -3.05. The highest BCUT2D eigenvalue weighted by Gasteiger charge is 2.20. The van der Waals surface area contributed by atoms with E-state index in [9.17, 15) is 4.79 Å². The summed E-state index contributed by atoms with van der Waals surface area (Å²) in [5.41, 5.74) is 4.11. The van der Waals surface area contributed by atoms with E-state index in [4.69, 9.17) is 9.47 Å². The molecule has 3 rings (SSSR count). The van der Waals surface area contributed by atoms with Gasteiger partial charge in [0.05, 0.1) is 25.8 Å². The Labute approximate surface area is 172 Å². The van der Waals surface area contributed by atoms with Crippen molar-refractivity contribution < 1.29 is 14.3 Å². The second kappa shape index (κ2) is 9.94. The molecule has 0 bridgehead atoms. The van der Waals surface area contributed by atoms with Crippen LogP contribution in [0.15, 0.2) is 66.9 Å². The van der Waals surface area contributed by atoms with E-state index in [2.05, 4.69) is 48.0 Å². The largest absolute Gasteiger partial charge is 0.496 e. The lowest BCUT2D eigenvalue weighted by molar-refractivity contribution is 0.0673. The highest BCUT2D eigenvalue weighted by molar-refractivity contribution is 5.96. The number of methoxy groups -OCH3 is 2. The lowest BCUT2D eigenvalue weighted by Gasteiger charge is -2.24. The Kier molecular flexibility index (Phi) is 7.09. The summed E-state index contributed by atoms with van der Waals surface area (Å²) >= 11 is 0. The number of hydrogen-bond acceptors (Lipinski definition) is 3. The Morgan fingerprint density at radius 2 is 1.76 bits per heavy atom. The number of nitrogens with zero attached hydrogens (tertiary/aromatic N) is 2. The van der Waals surface area contributed by atoms with E-state index < -0.39 is 0 Å². The van der Waals surface area contributed by atoms with Crippen molar-refractivity contribution in [2.24, 2.45) is 0 Å². The molecule has 5 heteroatoms. The van der Waals surface area contributed by atoms with Gasteiger partial charge in [0.2, 0.25) is 0 Å². The molecule has 29 heavy (non-hydrogen) atoms. The summed E-state index contributed by atoms with van der Waals surface area (Å²) in [6.45, 7) is 4.33. The highest BCUT2D eigenvalue weighted by Crippen LogP contribution is 2.21. The molecule has 0 atom stereocenters. The number of amides is 1. The Morgan fingerprint density at radius 1 is 1.00 bits per heavy atom. The number of benzene rings is 2. The molecular weight excluding hydrogens is 364 g/mol. The first kappa shape index (κ1) is 20.7. The second-order valence-corrected chi connectivity index (χ2v) is 7.03. The van der Waals surface area contributed by atoms with Gasteiger partial charge in [0.15, 0.2) is 0 Å². The first-order chi connectivity index (χ1) is 14.1. The molecule has 0 fully saturated rings. The van der Waals surface area contributed by atoms with Gasteiger partial charge in [0.1, 0.15) is 5.75 Å². The number of hydrogen-bond donors (Lipinski definition) is 0. The summed E-state index contributed by atoms with van der Waals surface area (Å²) in [6.07, 6.45) is 2.05. The molecule has 2 aromatic carbocycles. The number of aromatic nitrogens is 1. The number of carbonyl (C=O) groups is 1. The van der Waals surface area contributed by atoms with Gasteiger partial charge in [-0.15, -0.1) is 0 Å². The summed E-state index contributed by atoms with van der Waals surface area (Å²) in [4.78, 5) is 15.1. The normalized spacial score (nSPS) is 10.7. The molecule has 0 aliphatic rings. The topological polar surface area (TPSA) is 43.7 Å². The van der Waals surface area contributed by atoms with Gasteiger partial charge in [-0.25, -0.2) is 0 Å². The van der Waals surface area contributed by atoms with Crippen molar-refractivity contribution in [3.05, 3.63) is 89.2 Å². The third kappa shape index (κ3) is 5.27. The van der Waals surface area contributed by atoms with E-state index in [0.717, 1.165) is 12.2 Å². The van der Waals surface area contributed by atoms with E-state index >= 15 is 0 Å². The van der Waals surface area contributed by atoms with Crippen LogP contribution in [0.4, 0.5) is 0 Å². The number of para-hydroxylation sites is 1. The zero-order chi connectivity index (χ0) is 20.6. The molecule has 0 aliphatic carbocycles. The van der Waals surface area contributed by atoms with Gasteiger partial charge in [-0.3, -0.25) is 4.79 Å². The third-order valence-electron chi connectivity index (χ3n) is 4.94.